The van der Waals surface area contributed by atoms with Crippen molar-refractivity contribution in [2.75, 3.05) is 13.1 Å². The lowest BCUT2D eigenvalue weighted by molar-refractivity contribution is 0.00588. The summed E-state index contributed by atoms with van der Waals surface area (Å²) < 4.78 is 0. The number of likely N-dealkylation sites (tertiary alicyclic amines) is 1. The molecule has 1 aromatic rings. The lowest BCUT2D eigenvalue weighted by Gasteiger charge is -2.35. The zero-order valence-electron chi connectivity index (χ0n) is 6.30. The van der Waals surface area contributed by atoms with Crippen LogP contribution < -0.4 is 0 Å². The molecule has 1 N–H and O–H groups in total. The Morgan fingerprint density at radius 3 is 3.00 bits per heavy atom. The minimum absolute atomic E-state index is 0.0738. The Kier molecular flexibility index (Phi) is 1.82. The molecular formula is C7H8N2O2S. The first-order chi connectivity index (χ1) is 5.77. The SMILES string of the molecule is O=C(c1nccs1)N1CC(O)C1. The minimum atomic E-state index is -0.339. The summed E-state index contributed by atoms with van der Waals surface area (Å²) in [5.74, 6) is -0.0738. The van der Waals surface area contributed by atoms with Crippen LogP contribution in [0.25, 0.3) is 0 Å². The Morgan fingerprint density at radius 2 is 2.50 bits per heavy atom. The number of amides is 1. The van der Waals surface area contributed by atoms with Crippen LogP contribution in [0.5, 0.6) is 0 Å². The topological polar surface area (TPSA) is 53.4 Å². The molecule has 2 heterocycles. The van der Waals surface area contributed by atoms with Crippen LogP contribution in [0.2, 0.25) is 0 Å². The smallest absolute Gasteiger partial charge is 0.283 e. The molecule has 0 bridgehead atoms. The van der Waals surface area contributed by atoms with Gasteiger partial charge in [0.05, 0.1) is 6.10 Å². The molecule has 64 valence electrons. The van der Waals surface area contributed by atoms with Crippen molar-refractivity contribution >= 4 is 17.2 Å². The minimum Gasteiger partial charge on any atom is -0.389 e. The summed E-state index contributed by atoms with van der Waals surface area (Å²) in [6.45, 7) is 0.886. The Morgan fingerprint density at radius 1 is 1.75 bits per heavy atom. The monoisotopic (exact) mass is 184 g/mol. The summed E-state index contributed by atoms with van der Waals surface area (Å²) in [6, 6.07) is 0. The largest absolute Gasteiger partial charge is 0.389 e. The van der Waals surface area contributed by atoms with Gasteiger partial charge in [-0.05, 0) is 0 Å². The summed E-state index contributed by atoms with van der Waals surface area (Å²) in [6.07, 6.45) is 1.27. The van der Waals surface area contributed by atoms with Crippen molar-refractivity contribution in [3.63, 3.8) is 0 Å². The molecule has 0 aliphatic carbocycles. The van der Waals surface area contributed by atoms with Crippen LogP contribution >= 0.6 is 11.3 Å². The van der Waals surface area contributed by atoms with Crippen molar-refractivity contribution in [2.24, 2.45) is 0 Å². The third-order valence-corrected chi connectivity index (χ3v) is 2.53. The van der Waals surface area contributed by atoms with Crippen LogP contribution in [0.3, 0.4) is 0 Å². The highest BCUT2D eigenvalue weighted by atomic mass is 32.1. The normalized spacial score (nSPS) is 17.6. The third kappa shape index (κ3) is 1.21. The van der Waals surface area contributed by atoms with E-state index in [9.17, 15) is 4.79 Å². The molecule has 1 amide bonds. The maximum Gasteiger partial charge on any atom is 0.283 e. The maximum absolute atomic E-state index is 11.4. The maximum atomic E-state index is 11.4. The number of hydrogen-bond donors (Lipinski definition) is 1. The first kappa shape index (κ1) is 7.70. The van der Waals surface area contributed by atoms with Gasteiger partial charge in [0.2, 0.25) is 0 Å². The summed E-state index contributed by atoms with van der Waals surface area (Å²) in [4.78, 5) is 16.9. The molecule has 0 atom stereocenters. The van der Waals surface area contributed by atoms with Gasteiger partial charge in [0.25, 0.3) is 5.91 Å². The fourth-order valence-electron chi connectivity index (χ4n) is 1.09. The first-order valence-electron chi connectivity index (χ1n) is 3.64. The molecule has 0 spiro atoms. The average molecular weight is 184 g/mol. The fourth-order valence-corrected chi connectivity index (χ4v) is 1.69. The van der Waals surface area contributed by atoms with Gasteiger partial charge in [0, 0.05) is 24.7 Å². The number of carbonyl (C=O) groups excluding carboxylic acids is 1. The third-order valence-electron chi connectivity index (χ3n) is 1.76. The molecule has 4 nitrogen and oxygen atoms in total. The number of rotatable bonds is 1. The number of β-amino-alcohol motifs (C(OH)–C–C–N with tert-alkyl or cyclic N) is 1. The van der Waals surface area contributed by atoms with E-state index < -0.39 is 0 Å². The van der Waals surface area contributed by atoms with Crippen LogP contribution in [0, 0.1) is 0 Å². The Balaban J connectivity index is 2.03. The molecule has 1 aromatic heterocycles. The number of carbonyl (C=O) groups is 1. The average Bonchev–Trinajstić information content (AvgIpc) is 2.49. The van der Waals surface area contributed by atoms with Crippen molar-refractivity contribution in [1.82, 2.24) is 9.88 Å². The van der Waals surface area contributed by atoms with E-state index >= 15 is 0 Å². The van der Waals surface area contributed by atoms with E-state index in [1.54, 1.807) is 16.5 Å². The molecule has 1 fully saturated rings. The number of aromatic nitrogens is 1. The molecule has 12 heavy (non-hydrogen) atoms. The number of hydrogen-bond acceptors (Lipinski definition) is 4. The van der Waals surface area contributed by atoms with Crippen LogP contribution in [0.15, 0.2) is 11.6 Å². The van der Waals surface area contributed by atoms with Crippen molar-refractivity contribution in [1.29, 1.82) is 0 Å². The molecule has 0 aromatic carbocycles. The first-order valence-corrected chi connectivity index (χ1v) is 4.52. The van der Waals surface area contributed by atoms with Gasteiger partial charge in [0.1, 0.15) is 0 Å². The number of nitrogens with zero attached hydrogens (tertiary/aromatic N) is 2. The Hall–Kier alpha value is -0.940. The van der Waals surface area contributed by atoms with Crippen LogP contribution in [-0.4, -0.2) is 40.1 Å². The number of thiazole rings is 1. The molecule has 1 aliphatic heterocycles. The van der Waals surface area contributed by atoms with Crippen molar-refractivity contribution in [3.05, 3.63) is 16.6 Å². The van der Waals surface area contributed by atoms with E-state index in [-0.39, 0.29) is 12.0 Å². The van der Waals surface area contributed by atoms with Crippen LogP contribution in [0.1, 0.15) is 9.80 Å². The molecule has 5 heteroatoms. The van der Waals surface area contributed by atoms with Gasteiger partial charge >= 0.3 is 0 Å². The predicted molar refractivity (Wildman–Crippen MR) is 44.0 cm³/mol. The van der Waals surface area contributed by atoms with E-state index in [1.807, 2.05) is 0 Å². The van der Waals surface area contributed by atoms with Gasteiger partial charge in [-0.15, -0.1) is 11.3 Å². The van der Waals surface area contributed by atoms with Crippen molar-refractivity contribution in [2.45, 2.75) is 6.10 Å². The highest BCUT2D eigenvalue weighted by Crippen LogP contribution is 2.14. The molecule has 0 radical (unpaired) electrons. The zero-order chi connectivity index (χ0) is 8.55. The van der Waals surface area contributed by atoms with E-state index in [4.69, 9.17) is 5.11 Å². The van der Waals surface area contributed by atoms with E-state index in [0.29, 0.717) is 18.1 Å². The quantitative estimate of drug-likeness (QED) is 0.666. The molecule has 2 rings (SSSR count). The lowest BCUT2D eigenvalue weighted by Crippen LogP contribution is -2.53. The van der Waals surface area contributed by atoms with E-state index in [0.717, 1.165) is 0 Å². The highest BCUT2D eigenvalue weighted by molar-refractivity contribution is 7.11. The summed E-state index contributed by atoms with van der Waals surface area (Å²) in [5, 5.41) is 11.2. The second kappa shape index (κ2) is 2.84. The summed E-state index contributed by atoms with van der Waals surface area (Å²) in [5.41, 5.74) is 0. The van der Waals surface area contributed by atoms with Gasteiger partial charge in [-0.1, -0.05) is 0 Å². The van der Waals surface area contributed by atoms with Gasteiger partial charge in [-0.3, -0.25) is 4.79 Å². The van der Waals surface area contributed by atoms with Gasteiger partial charge in [-0.2, -0.15) is 0 Å². The van der Waals surface area contributed by atoms with Gasteiger partial charge in [-0.25, -0.2) is 4.98 Å². The van der Waals surface area contributed by atoms with Crippen molar-refractivity contribution < 1.29 is 9.90 Å². The number of aliphatic hydroxyl groups is 1. The Bertz CT molecular complexity index is 280. The predicted octanol–water partition coefficient (Wildman–Crippen LogP) is -0.0402. The van der Waals surface area contributed by atoms with Crippen molar-refractivity contribution in [3.8, 4) is 0 Å². The van der Waals surface area contributed by atoms with Crippen LogP contribution in [-0.2, 0) is 0 Å². The fraction of sp³-hybridized carbons (Fsp3) is 0.429. The molecule has 1 aliphatic rings. The summed E-state index contributed by atoms with van der Waals surface area (Å²) in [7, 11) is 0. The van der Waals surface area contributed by atoms with E-state index in [2.05, 4.69) is 4.98 Å². The Labute approximate surface area is 73.5 Å². The number of aliphatic hydroxyl groups excluding tert-OH is 1. The standard InChI is InChI=1S/C7H8N2O2S/c10-5-3-9(4-5)7(11)6-8-1-2-12-6/h1-2,5,10H,3-4H2. The molecular weight excluding hydrogens is 176 g/mol. The summed E-state index contributed by atoms with van der Waals surface area (Å²) >= 11 is 1.33. The van der Waals surface area contributed by atoms with E-state index in [1.165, 1.54) is 11.3 Å². The van der Waals surface area contributed by atoms with Gasteiger partial charge < -0.3 is 10.0 Å². The molecule has 0 saturated carbocycles. The molecule has 0 unspecified atom stereocenters. The molecule has 1 saturated heterocycles. The second-order valence-electron chi connectivity index (χ2n) is 2.70. The lowest BCUT2D eigenvalue weighted by atomic mass is 10.2. The van der Waals surface area contributed by atoms with Crippen LogP contribution in [0.4, 0.5) is 0 Å². The highest BCUT2D eigenvalue weighted by Gasteiger charge is 2.30. The van der Waals surface area contributed by atoms with Gasteiger partial charge in [0.15, 0.2) is 5.01 Å². The second-order valence-corrected chi connectivity index (χ2v) is 3.60. The zero-order valence-corrected chi connectivity index (χ0v) is 7.12.